The highest BCUT2D eigenvalue weighted by Crippen LogP contribution is 2.20. The topological polar surface area (TPSA) is 50.2 Å². The molecule has 5 nitrogen and oxygen atoms in total. The molecular weight excluding hydrogens is 312 g/mol. The van der Waals surface area contributed by atoms with E-state index < -0.39 is 0 Å². The number of nitrogens with one attached hydrogen (secondary N) is 1. The molecule has 1 amide bonds. The third kappa shape index (κ3) is 4.69. The number of piperidine rings is 1. The predicted molar refractivity (Wildman–Crippen MR) is 99.1 cm³/mol. The van der Waals surface area contributed by atoms with Crippen molar-refractivity contribution in [3.8, 4) is 0 Å². The Bertz CT molecular complexity index is 682. The van der Waals surface area contributed by atoms with E-state index in [-0.39, 0.29) is 5.91 Å². The lowest BCUT2D eigenvalue weighted by molar-refractivity contribution is -0.131. The average molecular weight is 340 g/mol. The van der Waals surface area contributed by atoms with Crippen LogP contribution in [0.4, 0.5) is 0 Å². The molecule has 1 aliphatic rings. The van der Waals surface area contributed by atoms with Gasteiger partial charge in [0.05, 0.1) is 12.7 Å². The second kappa shape index (κ2) is 8.30. The monoisotopic (exact) mass is 340 g/mol. The second-order valence-electron chi connectivity index (χ2n) is 6.94. The Morgan fingerprint density at radius 3 is 2.80 bits per heavy atom. The standard InChI is InChI=1S/C20H28N4O/c1-3-19-15-23(16(2)25)10-9-20(19)21-11-18-12-22-24(14-18)13-17-7-5-4-6-8-17/h4-8,12,14,19-21H,3,9-11,13,15H2,1-2H3/t19-,20+/m0/s1. The van der Waals surface area contributed by atoms with Crippen LogP contribution in [-0.2, 0) is 17.9 Å². The van der Waals surface area contributed by atoms with E-state index in [0.717, 1.165) is 39.0 Å². The van der Waals surface area contributed by atoms with Gasteiger partial charge < -0.3 is 10.2 Å². The highest BCUT2D eigenvalue weighted by Gasteiger charge is 2.28. The molecule has 0 aliphatic carbocycles. The molecule has 1 aromatic heterocycles. The van der Waals surface area contributed by atoms with Crippen LogP contribution in [0.2, 0.25) is 0 Å². The van der Waals surface area contributed by atoms with E-state index in [4.69, 9.17) is 0 Å². The average Bonchev–Trinajstić information content (AvgIpc) is 3.08. The number of amides is 1. The Kier molecular flexibility index (Phi) is 5.87. The van der Waals surface area contributed by atoms with Crippen LogP contribution in [0.3, 0.4) is 0 Å². The van der Waals surface area contributed by atoms with E-state index >= 15 is 0 Å². The van der Waals surface area contributed by atoms with Gasteiger partial charge in [-0.15, -0.1) is 0 Å². The van der Waals surface area contributed by atoms with Gasteiger partial charge in [-0.05, 0) is 17.9 Å². The van der Waals surface area contributed by atoms with Gasteiger partial charge in [0.15, 0.2) is 0 Å². The van der Waals surface area contributed by atoms with Crippen molar-refractivity contribution >= 4 is 5.91 Å². The van der Waals surface area contributed by atoms with E-state index in [2.05, 4.69) is 47.8 Å². The zero-order valence-electron chi connectivity index (χ0n) is 15.2. The highest BCUT2D eigenvalue weighted by atomic mass is 16.2. The fourth-order valence-corrected chi connectivity index (χ4v) is 3.60. The second-order valence-corrected chi connectivity index (χ2v) is 6.94. The van der Waals surface area contributed by atoms with E-state index in [1.807, 2.05) is 21.8 Å². The third-order valence-corrected chi connectivity index (χ3v) is 5.15. The van der Waals surface area contributed by atoms with Crippen molar-refractivity contribution in [3.05, 3.63) is 53.9 Å². The molecule has 0 saturated carbocycles. The minimum absolute atomic E-state index is 0.194. The molecule has 134 valence electrons. The lowest BCUT2D eigenvalue weighted by atomic mass is 9.89. The maximum atomic E-state index is 11.6. The maximum Gasteiger partial charge on any atom is 0.219 e. The van der Waals surface area contributed by atoms with Crippen molar-refractivity contribution in [1.29, 1.82) is 0 Å². The summed E-state index contributed by atoms with van der Waals surface area (Å²) in [6.45, 7) is 7.24. The van der Waals surface area contributed by atoms with E-state index in [9.17, 15) is 4.79 Å². The van der Waals surface area contributed by atoms with Crippen LogP contribution in [0.25, 0.3) is 0 Å². The highest BCUT2D eigenvalue weighted by molar-refractivity contribution is 5.73. The third-order valence-electron chi connectivity index (χ3n) is 5.15. The first-order valence-electron chi connectivity index (χ1n) is 9.20. The number of likely N-dealkylation sites (tertiary alicyclic amines) is 1. The van der Waals surface area contributed by atoms with Gasteiger partial charge in [0.2, 0.25) is 5.91 Å². The molecule has 2 aromatic rings. The van der Waals surface area contributed by atoms with Gasteiger partial charge in [0.1, 0.15) is 0 Å². The maximum absolute atomic E-state index is 11.6. The summed E-state index contributed by atoms with van der Waals surface area (Å²) in [5.74, 6) is 0.719. The summed E-state index contributed by atoms with van der Waals surface area (Å²) in [5, 5.41) is 8.16. The van der Waals surface area contributed by atoms with Crippen molar-refractivity contribution in [2.75, 3.05) is 13.1 Å². The summed E-state index contributed by atoms with van der Waals surface area (Å²) in [7, 11) is 0. The molecular formula is C20H28N4O. The Balaban J connectivity index is 1.52. The zero-order chi connectivity index (χ0) is 17.6. The molecule has 0 unspecified atom stereocenters. The molecule has 1 N–H and O–H groups in total. The van der Waals surface area contributed by atoms with Gasteiger partial charge in [-0.25, -0.2) is 0 Å². The fourth-order valence-electron chi connectivity index (χ4n) is 3.60. The van der Waals surface area contributed by atoms with Crippen molar-refractivity contribution in [3.63, 3.8) is 0 Å². The summed E-state index contributed by atoms with van der Waals surface area (Å²) in [6, 6.07) is 10.9. The number of carbonyl (C=O) groups is 1. The van der Waals surface area contributed by atoms with E-state index in [1.165, 1.54) is 11.1 Å². The van der Waals surface area contributed by atoms with Crippen LogP contribution in [0.1, 0.15) is 37.8 Å². The molecule has 1 aromatic carbocycles. The van der Waals surface area contributed by atoms with Gasteiger partial charge in [-0.1, -0.05) is 43.7 Å². The Morgan fingerprint density at radius 1 is 1.28 bits per heavy atom. The minimum Gasteiger partial charge on any atom is -0.343 e. The van der Waals surface area contributed by atoms with Crippen molar-refractivity contribution < 1.29 is 4.79 Å². The summed E-state index contributed by atoms with van der Waals surface area (Å²) in [4.78, 5) is 13.6. The van der Waals surface area contributed by atoms with Gasteiger partial charge in [0, 0.05) is 44.4 Å². The van der Waals surface area contributed by atoms with Crippen molar-refractivity contribution in [2.24, 2.45) is 5.92 Å². The normalized spacial score (nSPS) is 20.6. The summed E-state index contributed by atoms with van der Waals surface area (Å²) >= 11 is 0. The number of nitrogens with zero attached hydrogens (tertiary/aromatic N) is 3. The molecule has 0 bridgehead atoms. The number of benzene rings is 1. The SMILES string of the molecule is CC[C@H]1CN(C(C)=O)CC[C@H]1NCc1cnn(Cc2ccccc2)c1. The number of hydrogen-bond donors (Lipinski definition) is 1. The van der Waals surface area contributed by atoms with Crippen molar-refractivity contribution in [2.45, 2.75) is 45.8 Å². The Hall–Kier alpha value is -2.14. The molecule has 25 heavy (non-hydrogen) atoms. The molecule has 1 saturated heterocycles. The molecule has 0 radical (unpaired) electrons. The summed E-state index contributed by atoms with van der Waals surface area (Å²) < 4.78 is 1.99. The van der Waals surface area contributed by atoms with Crippen LogP contribution in [0.15, 0.2) is 42.7 Å². The largest absolute Gasteiger partial charge is 0.343 e. The first-order chi connectivity index (χ1) is 12.2. The number of hydrogen-bond acceptors (Lipinski definition) is 3. The first kappa shape index (κ1) is 17.7. The number of aromatic nitrogens is 2. The molecule has 2 atom stereocenters. The number of carbonyl (C=O) groups excluding carboxylic acids is 1. The molecule has 0 spiro atoms. The lowest BCUT2D eigenvalue weighted by Crippen LogP contribution is -2.50. The quantitative estimate of drug-likeness (QED) is 0.879. The van der Waals surface area contributed by atoms with Gasteiger partial charge in [0.25, 0.3) is 0 Å². The van der Waals surface area contributed by atoms with Crippen LogP contribution < -0.4 is 5.32 Å². The smallest absolute Gasteiger partial charge is 0.219 e. The molecule has 3 rings (SSSR count). The van der Waals surface area contributed by atoms with Crippen LogP contribution in [0.5, 0.6) is 0 Å². The molecule has 1 fully saturated rings. The minimum atomic E-state index is 0.194. The Morgan fingerprint density at radius 2 is 2.08 bits per heavy atom. The lowest BCUT2D eigenvalue weighted by Gasteiger charge is -2.38. The number of rotatable bonds is 6. The fraction of sp³-hybridized carbons (Fsp3) is 0.500. The molecule has 1 aliphatic heterocycles. The Labute approximate surface area is 150 Å². The predicted octanol–water partition coefficient (Wildman–Crippen LogP) is 2.67. The van der Waals surface area contributed by atoms with Crippen LogP contribution >= 0.6 is 0 Å². The van der Waals surface area contributed by atoms with Crippen LogP contribution in [0, 0.1) is 5.92 Å². The summed E-state index contributed by atoms with van der Waals surface area (Å²) in [5.41, 5.74) is 2.47. The molecule has 5 heteroatoms. The van der Waals surface area contributed by atoms with E-state index in [1.54, 1.807) is 6.92 Å². The van der Waals surface area contributed by atoms with Gasteiger partial charge in [-0.2, -0.15) is 5.10 Å². The van der Waals surface area contributed by atoms with Crippen LogP contribution in [-0.4, -0.2) is 39.7 Å². The summed E-state index contributed by atoms with van der Waals surface area (Å²) in [6.07, 6.45) is 6.18. The molecule has 2 heterocycles. The van der Waals surface area contributed by atoms with E-state index in [0.29, 0.717) is 12.0 Å². The van der Waals surface area contributed by atoms with Gasteiger partial charge >= 0.3 is 0 Å². The van der Waals surface area contributed by atoms with Crippen molar-refractivity contribution in [1.82, 2.24) is 20.0 Å². The van der Waals surface area contributed by atoms with Gasteiger partial charge in [-0.3, -0.25) is 9.48 Å². The first-order valence-corrected chi connectivity index (χ1v) is 9.20. The zero-order valence-corrected chi connectivity index (χ0v) is 15.2.